The third kappa shape index (κ3) is 3.87. The summed E-state index contributed by atoms with van der Waals surface area (Å²) in [4.78, 5) is 16.2. The Bertz CT molecular complexity index is 1390. The average Bonchev–Trinajstić information content (AvgIpc) is 2.81. The summed E-state index contributed by atoms with van der Waals surface area (Å²) < 4.78 is 11.9. The van der Waals surface area contributed by atoms with Crippen LogP contribution in [0.1, 0.15) is 37.5 Å². The van der Waals surface area contributed by atoms with Gasteiger partial charge in [-0.15, -0.1) is 0 Å². The molecule has 2 aliphatic heterocycles. The van der Waals surface area contributed by atoms with E-state index in [1.807, 2.05) is 30.3 Å². The highest BCUT2D eigenvalue weighted by atomic mass is 16.5. The van der Waals surface area contributed by atoms with Crippen molar-refractivity contribution < 1.29 is 14.3 Å². The van der Waals surface area contributed by atoms with E-state index in [1.165, 1.54) is 16.0 Å². The molecule has 0 fully saturated rings. The topological polar surface area (TPSA) is 54.0 Å². The second kappa shape index (κ2) is 8.63. The number of fused-ring (bicyclic) bond motifs is 5. The third-order valence-electron chi connectivity index (χ3n) is 6.90. The lowest BCUT2D eigenvalue weighted by molar-refractivity contribution is 0.230. The monoisotopic (exact) mass is 483 g/mol. The summed E-state index contributed by atoms with van der Waals surface area (Å²) in [7, 11) is 5.17. The van der Waals surface area contributed by atoms with Gasteiger partial charge in [0.25, 0.3) is 0 Å². The van der Waals surface area contributed by atoms with Crippen LogP contribution in [0.15, 0.2) is 54.6 Å². The van der Waals surface area contributed by atoms with Crippen LogP contribution >= 0.6 is 0 Å². The van der Waals surface area contributed by atoms with Gasteiger partial charge in [-0.25, -0.2) is 4.79 Å². The van der Waals surface area contributed by atoms with E-state index in [-0.39, 0.29) is 11.6 Å². The fourth-order valence-corrected chi connectivity index (χ4v) is 5.51. The van der Waals surface area contributed by atoms with E-state index < -0.39 is 0 Å². The second-order valence-electron chi connectivity index (χ2n) is 10.3. The second-order valence-corrected chi connectivity index (χ2v) is 10.3. The minimum absolute atomic E-state index is 0.153. The SMILES string of the molecule is COc1cccc2c1-c1ccc3c(c1CO2)C(C)=CC(C)(C)N3c1cc(C)cc(NC(=O)N(C)C)c1. The zero-order valence-electron chi connectivity index (χ0n) is 22.0. The number of aryl methyl sites for hydroxylation is 1. The number of amides is 2. The van der Waals surface area contributed by atoms with E-state index in [2.05, 4.69) is 62.2 Å². The summed E-state index contributed by atoms with van der Waals surface area (Å²) in [6.45, 7) is 9.16. The van der Waals surface area contributed by atoms with Crippen molar-refractivity contribution in [2.45, 2.75) is 39.8 Å². The Balaban J connectivity index is 1.69. The number of rotatable bonds is 3. The van der Waals surface area contributed by atoms with Crippen LogP contribution in [0, 0.1) is 6.92 Å². The predicted molar refractivity (Wildman–Crippen MR) is 147 cm³/mol. The third-order valence-corrected chi connectivity index (χ3v) is 6.90. The van der Waals surface area contributed by atoms with Gasteiger partial charge < -0.3 is 24.6 Å². The molecule has 2 heterocycles. The van der Waals surface area contributed by atoms with Gasteiger partial charge in [0.1, 0.15) is 18.1 Å². The molecule has 186 valence electrons. The van der Waals surface area contributed by atoms with Gasteiger partial charge >= 0.3 is 6.03 Å². The number of hydrogen-bond donors (Lipinski definition) is 1. The van der Waals surface area contributed by atoms with Gasteiger partial charge in [0, 0.05) is 42.3 Å². The molecular formula is C30H33N3O3. The van der Waals surface area contributed by atoms with Crippen molar-refractivity contribution in [2.75, 3.05) is 31.4 Å². The molecule has 36 heavy (non-hydrogen) atoms. The van der Waals surface area contributed by atoms with Crippen molar-refractivity contribution in [3.63, 3.8) is 0 Å². The first kappa shape index (κ1) is 23.8. The molecule has 6 nitrogen and oxygen atoms in total. The van der Waals surface area contributed by atoms with Crippen LogP contribution in [0.25, 0.3) is 16.7 Å². The molecule has 0 radical (unpaired) electrons. The van der Waals surface area contributed by atoms with Crippen molar-refractivity contribution in [2.24, 2.45) is 0 Å². The van der Waals surface area contributed by atoms with E-state index in [4.69, 9.17) is 9.47 Å². The molecule has 3 aromatic carbocycles. The molecule has 0 atom stereocenters. The van der Waals surface area contributed by atoms with Crippen molar-refractivity contribution in [3.05, 3.63) is 71.3 Å². The van der Waals surface area contributed by atoms with Gasteiger partial charge in [0.05, 0.1) is 18.2 Å². The molecule has 0 spiro atoms. The molecule has 5 rings (SSSR count). The molecule has 0 saturated heterocycles. The van der Waals surface area contributed by atoms with Gasteiger partial charge in [-0.1, -0.05) is 18.2 Å². The smallest absolute Gasteiger partial charge is 0.321 e. The van der Waals surface area contributed by atoms with E-state index >= 15 is 0 Å². The van der Waals surface area contributed by atoms with Gasteiger partial charge in [-0.05, 0) is 80.8 Å². The minimum Gasteiger partial charge on any atom is -0.496 e. The van der Waals surface area contributed by atoms with Crippen LogP contribution in [0.4, 0.5) is 21.9 Å². The maximum atomic E-state index is 12.4. The molecule has 3 aromatic rings. The summed E-state index contributed by atoms with van der Waals surface area (Å²) in [6, 6.07) is 16.4. The maximum Gasteiger partial charge on any atom is 0.321 e. The van der Waals surface area contributed by atoms with Crippen molar-refractivity contribution in [1.82, 2.24) is 4.90 Å². The Hall–Kier alpha value is -3.93. The van der Waals surface area contributed by atoms with Crippen LogP contribution < -0.4 is 19.7 Å². The zero-order chi connectivity index (χ0) is 25.8. The highest BCUT2D eigenvalue weighted by Gasteiger charge is 2.36. The number of methoxy groups -OCH3 is 1. The van der Waals surface area contributed by atoms with E-state index in [0.717, 1.165) is 50.8 Å². The Morgan fingerprint density at radius 1 is 1.08 bits per heavy atom. The summed E-state index contributed by atoms with van der Waals surface area (Å²) in [5, 5.41) is 3.01. The van der Waals surface area contributed by atoms with Crippen LogP contribution in [0.5, 0.6) is 11.5 Å². The van der Waals surface area contributed by atoms with Gasteiger partial charge in [0.15, 0.2) is 0 Å². The number of benzene rings is 3. The molecule has 2 aliphatic rings. The number of anilines is 3. The van der Waals surface area contributed by atoms with E-state index in [0.29, 0.717) is 6.61 Å². The maximum absolute atomic E-state index is 12.4. The molecule has 2 amide bonds. The highest BCUT2D eigenvalue weighted by Crippen LogP contribution is 2.51. The fourth-order valence-electron chi connectivity index (χ4n) is 5.51. The fraction of sp³-hybridized carbons (Fsp3) is 0.300. The Morgan fingerprint density at radius 2 is 1.86 bits per heavy atom. The number of nitrogens with zero attached hydrogens (tertiary/aromatic N) is 2. The number of allylic oxidation sites excluding steroid dienone is 1. The lowest BCUT2D eigenvalue weighted by atomic mass is 9.82. The quantitative estimate of drug-likeness (QED) is 0.436. The Kier molecular flexibility index (Phi) is 5.70. The summed E-state index contributed by atoms with van der Waals surface area (Å²) in [6.07, 6.45) is 2.31. The lowest BCUT2D eigenvalue weighted by Gasteiger charge is -2.44. The Morgan fingerprint density at radius 3 is 2.58 bits per heavy atom. The molecule has 0 unspecified atom stereocenters. The van der Waals surface area contributed by atoms with Gasteiger partial charge in [0.2, 0.25) is 0 Å². The summed E-state index contributed by atoms with van der Waals surface area (Å²) in [5.41, 5.74) is 9.41. The largest absolute Gasteiger partial charge is 0.496 e. The van der Waals surface area contributed by atoms with Gasteiger partial charge in [-0.2, -0.15) is 0 Å². The number of hydrogen-bond acceptors (Lipinski definition) is 4. The normalized spacial score (nSPS) is 15.1. The van der Waals surface area contributed by atoms with Crippen LogP contribution in [0.3, 0.4) is 0 Å². The molecule has 1 N–H and O–H groups in total. The Labute approximate surface area is 213 Å². The number of carbonyl (C=O) groups excluding carboxylic acids is 1. The molecule has 0 aliphatic carbocycles. The molecular weight excluding hydrogens is 450 g/mol. The van der Waals surface area contributed by atoms with Crippen molar-refractivity contribution in [3.8, 4) is 22.6 Å². The average molecular weight is 484 g/mol. The number of ether oxygens (including phenoxy) is 2. The minimum atomic E-state index is -0.285. The van der Waals surface area contributed by atoms with Crippen molar-refractivity contribution >= 4 is 28.7 Å². The van der Waals surface area contributed by atoms with Crippen molar-refractivity contribution in [1.29, 1.82) is 0 Å². The van der Waals surface area contributed by atoms with Gasteiger partial charge in [-0.3, -0.25) is 0 Å². The summed E-state index contributed by atoms with van der Waals surface area (Å²) >= 11 is 0. The van der Waals surface area contributed by atoms with Crippen LogP contribution in [-0.4, -0.2) is 37.7 Å². The van der Waals surface area contributed by atoms with E-state index in [9.17, 15) is 4.79 Å². The molecule has 0 aromatic heterocycles. The molecule has 0 saturated carbocycles. The molecule has 6 heteroatoms. The number of nitrogens with one attached hydrogen (secondary N) is 1. The number of carbonyl (C=O) groups is 1. The first-order valence-corrected chi connectivity index (χ1v) is 12.2. The standard InChI is InChI=1S/C30H33N3O3/c1-18-13-20(31-29(34)32(5)6)15-21(14-18)33-24-12-11-22-23(27(24)19(2)16-30(33,3)4)17-36-26-10-8-9-25(35-7)28(22)26/h8-16H,17H2,1-7H3,(H,31,34). The first-order valence-electron chi connectivity index (χ1n) is 12.2. The molecule has 0 bridgehead atoms. The summed E-state index contributed by atoms with van der Waals surface area (Å²) in [5.74, 6) is 1.65. The zero-order valence-corrected chi connectivity index (χ0v) is 22.0. The lowest BCUT2D eigenvalue weighted by Crippen LogP contribution is -2.42. The number of urea groups is 1. The first-order chi connectivity index (χ1) is 17.1. The van der Waals surface area contributed by atoms with E-state index in [1.54, 1.807) is 21.2 Å². The highest BCUT2D eigenvalue weighted by molar-refractivity contribution is 5.94. The predicted octanol–water partition coefficient (Wildman–Crippen LogP) is 6.99. The van der Waals surface area contributed by atoms with Crippen LogP contribution in [0.2, 0.25) is 0 Å². The van der Waals surface area contributed by atoms with Crippen LogP contribution in [-0.2, 0) is 6.61 Å².